The molecule has 0 saturated carbocycles. The highest BCUT2D eigenvalue weighted by molar-refractivity contribution is 6.36. The average Bonchev–Trinajstić information content (AvgIpc) is 3.32. The molecule has 27 heavy (non-hydrogen) atoms. The van der Waals surface area contributed by atoms with Gasteiger partial charge < -0.3 is 19.6 Å². The smallest absolute Gasteiger partial charge is 0.255 e. The number of likely N-dealkylation sites (tertiary alicyclic amines) is 1. The van der Waals surface area contributed by atoms with Crippen LogP contribution in [0.15, 0.2) is 35.1 Å². The normalized spacial score (nSPS) is 14.3. The molecule has 0 bridgehead atoms. The lowest BCUT2D eigenvalue weighted by Gasteiger charge is -2.25. The molecule has 144 valence electrons. The first-order valence-corrected chi connectivity index (χ1v) is 9.45. The van der Waals surface area contributed by atoms with E-state index in [1.165, 1.54) is 23.3 Å². The van der Waals surface area contributed by atoms with E-state index in [1.54, 1.807) is 12.1 Å². The minimum absolute atomic E-state index is 0.113. The molecule has 0 aliphatic carbocycles. The Balaban J connectivity index is 1.71. The Hall–Kier alpha value is -2.09. The van der Waals surface area contributed by atoms with Gasteiger partial charge in [-0.05, 0) is 44.1 Å². The highest BCUT2D eigenvalue weighted by Gasteiger charge is 2.23. The van der Waals surface area contributed by atoms with E-state index in [4.69, 9.17) is 27.7 Å². The second kappa shape index (κ2) is 9.21. The molecule has 9 heteroatoms. The van der Waals surface area contributed by atoms with Gasteiger partial charge >= 0.3 is 0 Å². The van der Waals surface area contributed by atoms with Gasteiger partial charge in [-0.15, -0.1) is 0 Å². The molecule has 1 N–H and O–H groups in total. The van der Waals surface area contributed by atoms with Crippen molar-refractivity contribution < 1.29 is 14.1 Å². The minimum Gasteiger partial charge on any atom is -0.363 e. The molecule has 0 radical (unpaired) electrons. The largest absolute Gasteiger partial charge is 0.363 e. The zero-order valence-electron chi connectivity index (χ0n) is 14.7. The number of halogens is 2. The average molecular weight is 411 g/mol. The van der Waals surface area contributed by atoms with Crippen LogP contribution < -0.4 is 5.32 Å². The third kappa shape index (κ3) is 5.45. The number of rotatable bonds is 7. The number of hydrogen-bond donors (Lipinski definition) is 1. The van der Waals surface area contributed by atoms with Crippen molar-refractivity contribution >= 4 is 40.8 Å². The van der Waals surface area contributed by atoms with Crippen LogP contribution in [0.2, 0.25) is 10.0 Å². The van der Waals surface area contributed by atoms with E-state index in [2.05, 4.69) is 15.4 Å². The summed E-state index contributed by atoms with van der Waals surface area (Å²) in [4.78, 5) is 29.1. The summed E-state index contributed by atoms with van der Waals surface area (Å²) in [5, 5.41) is 6.96. The van der Waals surface area contributed by atoms with Gasteiger partial charge in [0.05, 0.1) is 10.6 Å². The molecule has 1 saturated heterocycles. The van der Waals surface area contributed by atoms with Crippen molar-refractivity contribution in [2.24, 2.45) is 0 Å². The monoisotopic (exact) mass is 410 g/mol. The predicted octanol–water partition coefficient (Wildman–Crippen LogP) is 3.16. The number of nitrogens with zero attached hydrogens (tertiary/aromatic N) is 3. The van der Waals surface area contributed by atoms with Crippen molar-refractivity contribution in [1.82, 2.24) is 15.0 Å². The number of carbonyl (C=O) groups excluding carboxylic acids is 2. The van der Waals surface area contributed by atoms with Crippen molar-refractivity contribution in [3.63, 3.8) is 0 Å². The predicted molar refractivity (Wildman–Crippen MR) is 103 cm³/mol. The summed E-state index contributed by atoms with van der Waals surface area (Å²) >= 11 is 12.1. The third-order valence-corrected chi connectivity index (χ3v) is 4.92. The molecule has 7 nitrogen and oxygen atoms in total. The van der Waals surface area contributed by atoms with Gasteiger partial charge in [-0.2, -0.15) is 0 Å². The van der Waals surface area contributed by atoms with Crippen LogP contribution in [-0.4, -0.2) is 59.5 Å². The van der Waals surface area contributed by atoms with Gasteiger partial charge in [0.1, 0.15) is 12.8 Å². The van der Waals surface area contributed by atoms with E-state index < -0.39 is 0 Å². The Labute approximate surface area is 167 Å². The van der Waals surface area contributed by atoms with Gasteiger partial charge in [0.15, 0.2) is 5.82 Å². The number of amides is 2. The van der Waals surface area contributed by atoms with E-state index in [9.17, 15) is 9.59 Å². The van der Waals surface area contributed by atoms with Gasteiger partial charge in [-0.1, -0.05) is 28.4 Å². The topological polar surface area (TPSA) is 78.7 Å². The molecule has 3 rings (SSSR count). The molecular weight excluding hydrogens is 391 g/mol. The number of anilines is 1. The van der Waals surface area contributed by atoms with Gasteiger partial charge in [0.2, 0.25) is 5.91 Å². The Morgan fingerprint density at radius 1 is 1.22 bits per heavy atom. The molecule has 1 aliphatic heterocycles. The first-order chi connectivity index (χ1) is 13.0. The first kappa shape index (κ1) is 19.7. The summed E-state index contributed by atoms with van der Waals surface area (Å²) in [6, 6.07) is 6.23. The minimum atomic E-state index is -0.358. The lowest BCUT2D eigenvalue weighted by atomic mass is 10.2. The fourth-order valence-electron chi connectivity index (χ4n) is 2.99. The Morgan fingerprint density at radius 2 is 2.00 bits per heavy atom. The molecule has 2 aromatic rings. The van der Waals surface area contributed by atoms with Gasteiger partial charge in [0, 0.05) is 24.2 Å². The lowest BCUT2D eigenvalue weighted by molar-refractivity contribution is -0.117. The van der Waals surface area contributed by atoms with Crippen molar-refractivity contribution in [2.45, 2.75) is 12.8 Å². The second-order valence-corrected chi connectivity index (χ2v) is 7.18. The van der Waals surface area contributed by atoms with E-state index >= 15 is 0 Å². The maximum atomic E-state index is 13.0. The molecule has 2 amide bonds. The Morgan fingerprint density at radius 3 is 2.67 bits per heavy atom. The van der Waals surface area contributed by atoms with Crippen LogP contribution in [0.1, 0.15) is 23.2 Å². The summed E-state index contributed by atoms with van der Waals surface area (Å²) in [7, 11) is 0. The quantitative estimate of drug-likeness (QED) is 0.758. The van der Waals surface area contributed by atoms with Crippen LogP contribution in [0.25, 0.3) is 0 Å². The summed E-state index contributed by atoms with van der Waals surface area (Å²) < 4.78 is 4.70. The van der Waals surface area contributed by atoms with Crippen LogP contribution in [0.5, 0.6) is 0 Å². The summed E-state index contributed by atoms with van der Waals surface area (Å²) in [5.41, 5.74) is 0.316. The van der Waals surface area contributed by atoms with Gasteiger partial charge in [-0.3, -0.25) is 9.59 Å². The fraction of sp³-hybridized carbons (Fsp3) is 0.389. The molecule has 1 aromatic heterocycles. The fourth-order valence-corrected chi connectivity index (χ4v) is 3.48. The van der Waals surface area contributed by atoms with Gasteiger partial charge in [-0.25, -0.2) is 0 Å². The third-order valence-electron chi connectivity index (χ3n) is 4.37. The number of nitrogens with one attached hydrogen (secondary N) is 1. The molecule has 0 spiro atoms. The van der Waals surface area contributed by atoms with Crippen LogP contribution in [0.4, 0.5) is 5.82 Å². The zero-order valence-corrected chi connectivity index (χ0v) is 16.2. The molecule has 0 unspecified atom stereocenters. The maximum absolute atomic E-state index is 13.0. The Kier molecular flexibility index (Phi) is 6.71. The SMILES string of the molecule is O=C(CN(CCN1CCCC1)C(=O)c1ccc(Cl)cc1Cl)Nc1ccon1. The lowest BCUT2D eigenvalue weighted by Crippen LogP contribution is -2.42. The zero-order chi connectivity index (χ0) is 19.2. The summed E-state index contributed by atoms with van der Waals surface area (Å²) in [6.07, 6.45) is 3.67. The van der Waals surface area contributed by atoms with Crippen LogP contribution in [-0.2, 0) is 4.79 Å². The van der Waals surface area contributed by atoms with Crippen molar-refractivity contribution in [1.29, 1.82) is 0 Å². The molecular formula is C18H20Cl2N4O3. The number of benzene rings is 1. The highest BCUT2D eigenvalue weighted by atomic mass is 35.5. The van der Waals surface area contributed by atoms with E-state index in [0.29, 0.717) is 29.5 Å². The van der Waals surface area contributed by atoms with E-state index in [0.717, 1.165) is 25.9 Å². The highest BCUT2D eigenvalue weighted by Crippen LogP contribution is 2.22. The maximum Gasteiger partial charge on any atom is 0.255 e. The van der Waals surface area contributed by atoms with Crippen molar-refractivity contribution in [3.8, 4) is 0 Å². The van der Waals surface area contributed by atoms with Crippen LogP contribution in [0.3, 0.4) is 0 Å². The van der Waals surface area contributed by atoms with Crippen molar-refractivity contribution in [3.05, 3.63) is 46.1 Å². The van der Waals surface area contributed by atoms with Crippen LogP contribution in [0, 0.1) is 0 Å². The standard InChI is InChI=1S/C18H20Cl2N4O3/c19-13-3-4-14(15(20)11-13)18(26)24(9-8-23-6-1-2-7-23)12-17(25)21-16-5-10-27-22-16/h3-5,10-11H,1-2,6-9,12H2,(H,21,22,25). The summed E-state index contributed by atoms with van der Waals surface area (Å²) in [6.45, 7) is 3.03. The first-order valence-electron chi connectivity index (χ1n) is 8.70. The Bertz CT molecular complexity index is 792. The van der Waals surface area contributed by atoms with E-state index in [-0.39, 0.29) is 23.4 Å². The van der Waals surface area contributed by atoms with Crippen LogP contribution >= 0.6 is 23.2 Å². The number of aromatic nitrogens is 1. The van der Waals surface area contributed by atoms with E-state index in [1.807, 2.05) is 0 Å². The number of carbonyl (C=O) groups is 2. The molecule has 2 heterocycles. The van der Waals surface area contributed by atoms with Gasteiger partial charge in [0.25, 0.3) is 5.91 Å². The summed E-state index contributed by atoms with van der Waals surface area (Å²) in [5.74, 6) is -0.369. The number of hydrogen-bond acceptors (Lipinski definition) is 5. The molecule has 1 aliphatic rings. The molecule has 1 fully saturated rings. The second-order valence-electron chi connectivity index (χ2n) is 6.33. The molecule has 0 atom stereocenters. The van der Waals surface area contributed by atoms with Crippen molar-refractivity contribution in [2.75, 3.05) is 38.0 Å². The molecule has 1 aromatic carbocycles.